The van der Waals surface area contributed by atoms with Crippen molar-refractivity contribution < 1.29 is 18.9 Å². The Kier molecular flexibility index (Phi) is 9.11. The summed E-state index contributed by atoms with van der Waals surface area (Å²) in [6.45, 7) is 11.0. The van der Waals surface area contributed by atoms with Gasteiger partial charge in [-0.2, -0.15) is 5.10 Å². The van der Waals surface area contributed by atoms with Crippen LogP contribution in [0.1, 0.15) is 41.5 Å². The van der Waals surface area contributed by atoms with Crippen LogP contribution in [0.25, 0.3) is 0 Å². The highest BCUT2D eigenvalue weighted by Gasteiger charge is 2.35. The van der Waals surface area contributed by atoms with Gasteiger partial charge in [0.25, 0.3) is 0 Å². The second-order valence-electron chi connectivity index (χ2n) is 10.2. The van der Waals surface area contributed by atoms with Gasteiger partial charge in [0.2, 0.25) is 0 Å². The fourth-order valence-corrected chi connectivity index (χ4v) is 4.88. The summed E-state index contributed by atoms with van der Waals surface area (Å²) < 4.78 is 25.8. The highest BCUT2D eigenvalue weighted by molar-refractivity contribution is 5.43. The van der Waals surface area contributed by atoms with E-state index in [0.29, 0.717) is 13.2 Å². The number of aryl methyl sites for hydroxylation is 4. The van der Waals surface area contributed by atoms with Crippen LogP contribution in [0.3, 0.4) is 0 Å². The first-order chi connectivity index (χ1) is 17.9. The molecule has 7 nitrogen and oxygen atoms in total. The molecule has 1 aliphatic rings. The number of rotatable bonds is 12. The summed E-state index contributed by atoms with van der Waals surface area (Å²) in [6, 6.07) is 12.5. The summed E-state index contributed by atoms with van der Waals surface area (Å²) in [5, 5.41) is 4.34. The molecule has 1 saturated heterocycles. The number of hydrogen-bond acceptors (Lipinski definition) is 6. The number of nitrogens with zero attached hydrogens (tertiary/aromatic N) is 3. The largest absolute Gasteiger partial charge is 0.493 e. The standard InChI is InChI=1S/C30H41N3O4/c1-23-7-9-27(25(3)17-23)37-22-30(35-5)11-14-32(15-12-30)21-26-8-10-28(34-4)29(18-26)36-16-6-13-33-20-24(2)19-31-33/h7-10,17-20H,6,11-16,21-22H2,1-5H3. The summed E-state index contributed by atoms with van der Waals surface area (Å²) in [5.74, 6) is 2.50. The number of ether oxygens (including phenoxy) is 4. The van der Waals surface area contributed by atoms with Gasteiger partial charge in [0.15, 0.2) is 11.5 Å². The van der Waals surface area contributed by atoms with E-state index >= 15 is 0 Å². The number of aromatic nitrogens is 2. The monoisotopic (exact) mass is 507 g/mol. The molecule has 7 heteroatoms. The third-order valence-corrected chi connectivity index (χ3v) is 7.21. The van der Waals surface area contributed by atoms with E-state index in [0.717, 1.165) is 68.3 Å². The molecule has 0 spiro atoms. The molecule has 0 saturated carbocycles. The van der Waals surface area contributed by atoms with Gasteiger partial charge in [-0.25, -0.2) is 0 Å². The maximum Gasteiger partial charge on any atom is 0.161 e. The van der Waals surface area contributed by atoms with E-state index in [1.54, 1.807) is 7.11 Å². The summed E-state index contributed by atoms with van der Waals surface area (Å²) >= 11 is 0. The molecule has 3 aromatic rings. The molecule has 200 valence electrons. The normalized spacial score (nSPS) is 15.5. The van der Waals surface area contributed by atoms with Crippen molar-refractivity contribution in [1.29, 1.82) is 0 Å². The summed E-state index contributed by atoms with van der Waals surface area (Å²) in [5.41, 5.74) is 4.54. The number of piperidine rings is 1. The Morgan fingerprint density at radius 1 is 0.892 bits per heavy atom. The molecule has 1 fully saturated rings. The van der Waals surface area contributed by atoms with E-state index in [-0.39, 0.29) is 5.60 Å². The summed E-state index contributed by atoms with van der Waals surface area (Å²) in [7, 11) is 3.49. The minimum absolute atomic E-state index is 0.255. The first-order valence-corrected chi connectivity index (χ1v) is 13.2. The predicted octanol–water partition coefficient (Wildman–Crippen LogP) is 5.35. The van der Waals surface area contributed by atoms with Crippen LogP contribution in [-0.2, 0) is 17.8 Å². The van der Waals surface area contributed by atoms with Crippen LogP contribution in [0, 0.1) is 20.8 Å². The van der Waals surface area contributed by atoms with Gasteiger partial charge in [0.1, 0.15) is 18.0 Å². The van der Waals surface area contributed by atoms with Crippen molar-refractivity contribution in [3.63, 3.8) is 0 Å². The Hall–Kier alpha value is -3.03. The quantitative estimate of drug-likeness (QED) is 0.308. The molecule has 2 heterocycles. The average molecular weight is 508 g/mol. The van der Waals surface area contributed by atoms with Crippen molar-refractivity contribution in [1.82, 2.24) is 14.7 Å². The van der Waals surface area contributed by atoms with E-state index in [2.05, 4.69) is 54.2 Å². The number of methoxy groups -OCH3 is 2. The van der Waals surface area contributed by atoms with E-state index in [4.69, 9.17) is 18.9 Å². The SMILES string of the molecule is COc1ccc(CN2CCC(COc3ccc(C)cc3C)(OC)CC2)cc1OCCCn1cc(C)cn1. The Balaban J connectivity index is 1.28. The molecule has 0 N–H and O–H groups in total. The van der Waals surface area contributed by atoms with Crippen molar-refractivity contribution in [2.45, 2.75) is 58.7 Å². The number of likely N-dealkylation sites (tertiary alicyclic amines) is 1. The molecule has 1 aromatic heterocycles. The molecule has 2 aromatic carbocycles. The van der Waals surface area contributed by atoms with Gasteiger partial charge in [0.05, 0.1) is 19.9 Å². The lowest BCUT2D eigenvalue weighted by atomic mass is 9.91. The van der Waals surface area contributed by atoms with Gasteiger partial charge in [-0.05, 0) is 68.5 Å². The molecule has 0 aliphatic carbocycles. The molecule has 0 unspecified atom stereocenters. The van der Waals surface area contributed by atoms with E-state index in [9.17, 15) is 0 Å². The van der Waals surface area contributed by atoms with Crippen LogP contribution in [-0.4, -0.2) is 60.8 Å². The lowest BCUT2D eigenvalue weighted by molar-refractivity contribution is -0.0840. The molecule has 4 rings (SSSR count). The van der Waals surface area contributed by atoms with Crippen LogP contribution in [0.5, 0.6) is 17.2 Å². The number of hydrogen-bond donors (Lipinski definition) is 0. The Bertz CT molecular complexity index is 1150. The van der Waals surface area contributed by atoms with Crippen LogP contribution in [0.15, 0.2) is 48.8 Å². The molecular formula is C30H41N3O4. The minimum Gasteiger partial charge on any atom is -0.493 e. The molecule has 0 radical (unpaired) electrons. The third-order valence-electron chi connectivity index (χ3n) is 7.21. The minimum atomic E-state index is -0.255. The topological polar surface area (TPSA) is 58.0 Å². The highest BCUT2D eigenvalue weighted by atomic mass is 16.5. The zero-order valence-corrected chi connectivity index (χ0v) is 23.0. The first kappa shape index (κ1) is 27.0. The van der Waals surface area contributed by atoms with E-state index in [1.807, 2.05) is 37.2 Å². The first-order valence-electron chi connectivity index (χ1n) is 13.2. The maximum absolute atomic E-state index is 6.22. The van der Waals surface area contributed by atoms with Gasteiger partial charge in [-0.1, -0.05) is 23.8 Å². The van der Waals surface area contributed by atoms with Gasteiger partial charge in [-0.3, -0.25) is 9.58 Å². The zero-order chi connectivity index (χ0) is 26.3. The molecule has 0 amide bonds. The van der Waals surface area contributed by atoms with E-state index < -0.39 is 0 Å². The zero-order valence-electron chi connectivity index (χ0n) is 23.0. The Labute approximate surface area is 221 Å². The third kappa shape index (κ3) is 7.27. The van der Waals surface area contributed by atoms with Crippen molar-refractivity contribution in [2.75, 3.05) is 40.5 Å². The van der Waals surface area contributed by atoms with Crippen LogP contribution in [0.2, 0.25) is 0 Å². The second kappa shape index (κ2) is 12.5. The van der Waals surface area contributed by atoms with Crippen molar-refractivity contribution in [3.8, 4) is 17.2 Å². The lowest BCUT2D eigenvalue weighted by Crippen LogP contribution is -2.48. The van der Waals surface area contributed by atoms with E-state index in [1.165, 1.54) is 16.7 Å². The molecule has 37 heavy (non-hydrogen) atoms. The molecule has 0 bridgehead atoms. The lowest BCUT2D eigenvalue weighted by Gasteiger charge is -2.40. The number of benzene rings is 2. The molecular weight excluding hydrogens is 466 g/mol. The van der Waals surface area contributed by atoms with Gasteiger partial charge in [0, 0.05) is 45.9 Å². The van der Waals surface area contributed by atoms with Crippen LogP contribution in [0.4, 0.5) is 0 Å². The summed E-state index contributed by atoms with van der Waals surface area (Å²) in [6.07, 6.45) is 6.67. The fraction of sp³-hybridized carbons (Fsp3) is 0.500. The highest BCUT2D eigenvalue weighted by Crippen LogP contribution is 2.32. The van der Waals surface area contributed by atoms with Crippen LogP contribution >= 0.6 is 0 Å². The van der Waals surface area contributed by atoms with Gasteiger partial charge in [-0.15, -0.1) is 0 Å². The second-order valence-corrected chi connectivity index (χ2v) is 10.2. The van der Waals surface area contributed by atoms with Gasteiger partial charge >= 0.3 is 0 Å². The fourth-order valence-electron chi connectivity index (χ4n) is 4.88. The summed E-state index contributed by atoms with van der Waals surface area (Å²) in [4.78, 5) is 2.47. The van der Waals surface area contributed by atoms with Crippen molar-refractivity contribution >= 4 is 0 Å². The predicted molar refractivity (Wildman–Crippen MR) is 146 cm³/mol. The maximum atomic E-state index is 6.22. The smallest absolute Gasteiger partial charge is 0.161 e. The van der Waals surface area contributed by atoms with Crippen molar-refractivity contribution in [2.24, 2.45) is 0 Å². The average Bonchev–Trinajstić information content (AvgIpc) is 3.32. The van der Waals surface area contributed by atoms with Crippen LogP contribution < -0.4 is 14.2 Å². The van der Waals surface area contributed by atoms with Crippen molar-refractivity contribution in [3.05, 3.63) is 71.0 Å². The molecule has 0 atom stereocenters. The Morgan fingerprint density at radius 3 is 2.35 bits per heavy atom. The Morgan fingerprint density at radius 2 is 1.68 bits per heavy atom. The molecule has 1 aliphatic heterocycles. The van der Waals surface area contributed by atoms with Gasteiger partial charge < -0.3 is 18.9 Å².